The van der Waals surface area contributed by atoms with E-state index in [4.69, 9.17) is 4.74 Å². The molecule has 17 heavy (non-hydrogen) atoms. The van der Waals surface area contributed by atoms with Crippen molar-refractivity contribution in [2.75, 3.05) is 6.61 Å². The van der Waals surface area contributed by atoms with Gasteiger partial charge in [-0.1, -0.05) is 39.7 Å². The topological polar surface area (TPSA) is 26.3 Å². The molecule has 0 bridgehead atoms. The third-order valence-corrected chi connectivity index (χ3v) is 3.53. The highest BCUT2D eigenvalue weighted by Crippen LogP contribution is 2.25. The maximum Gasteiger partial charge on any atom is 0.333 e. The number of ether oxygens (including phenoxy) is 1. The number of carbonyl (C=O) groups is 1. The van der Waals surface area contributed by atoms with Crippen molar-refractivity contribution in [1.29, 1.82) is 0 Å². The average Bonchev–Trinajstić information content (AvgIpc) is 2.23. The smallest absolute Gasteiger partial charge is 0.333 e. The van der Waals surface area contributed by atoms with Crippen molar-refractivity contribution in [3.63, 3.8) is 0 Å². The third kappa shape index (κ3) is 4.93. The number of esters is 1. The summed E-state index contributed by atoms with van der Waals surface area (Å²) in [6.45, 7) is 9.31. The summed E-state index contributed by atoms with van der Waals surface area (Å²) in [7, 11) is 0. The van der Waals surface area contributed by atoms with Gasteiger partial charge >= 0.3 is 5.97 Å². The molecule has 0 N–H and O–H groups in total. The van der Waals surface area contributed by atoms with E-state index < -0.39 is 0 Å². The van der Waals surface area contributed by atoms with E-state index in [0.717, 1.165) is 17.9 Å². The largest absolute Gasteiger partial charge is 0.462 e. The lowest BCUT2D eigenvalue weighted by Gasteiger charge is -2.24. The highest BCUT2D eigenvalue weighted by Gasteiger charge is 2.21. The number of cyclic esters (lactones) is 1. The molecule has 1 aliphatic heterocycles. The summed E-state index contributed by atoms with van der Waals surface area (Å²) in [5, 5.41) is 0. The van der Waals surface area contributed by atoms with Gasteiger partial charge in [-0.15, -0.1) is 0 Å². The van der Waals surface area contributed by atoms with Crippen LogP contribution in [0.15, 0.2) is 11.6 Å². The number of carbonyl (C=O) groups excluding carboxylic acids is 1. The van der Waals surface area contributed by atoms with Crippen LogP contribution in [0.3, 0.4) is 0 Å². The fraction of sp³-hybridized carbons (Fsp3) is 0.800. The fourth-order valence-electron chi connectivity index (χ4n) is 2.81. The molecule has 0 fully saturated rings. The Kier molecular flexibility index (Phi) is 5.73. The molecule has 0 aliphatic carbocycles. The van der Waals surface area contributed by atoms with Crippen LogP contribution < -0.4 is 0 Å². The molecule has 0 aromatic heterocycles. The van der Waals surface area contributed by atoms with Crippen molar-refractivity contribution in [3.8, 4) is 0 Å². The standard InChI is InChI=1S/C15H26O2/c1-5-6-11(2)7-12(3)8-14-9-13(4)15(16)17-10-14/h9,11-12,14H,5-8,10H2,1-4H3/t11-,12+,14?/m0/s1. The first-order valence-corrected chi connectivity index (χ1v) is 6.88. The van der Waals surface area contributed by atoms with Crippen LogP contribution in [0.1, 0.15) is 53.4 Å². The van der Waals surface area contributed by atoms with Crippen LogP contribution in [0.2, 0.25) is 0 Å². The summed E-state index contributed by atoms with van der Waals surface area (Å²) in [6, 6.07) is 0. The average molecular weight is 238 g/mol. The second-order valence-corrected chi connectivity index (χ2v) is 5.68. The van der Waals surface area contributed by atoms with Crippen LogP contribution in [-0.4, -0.2) is 12.6 Å². The third-order valence-electron chi connectivity index (χ3n) is 3.53. The molecule has 0 saturated heterocycles. The summed E-state index contributed by atoms with van der Waals surface area (Å²) in [6.07, 6.45) is 7.10. The number of hydrogen-bond acceptors (Lipinski definition) is 2. The fourth-order valence-corrected chi connectivity index (χ4v) is 2.81. The van der Waals surface area contributed by atoms with Gasteiger partial charge in [-0.2, -0.15) is 0 Å². The molecular weight excluding hydrogens is 212 g/mol. The van der Waals surface area contributed by atoms with Crippen LogP contribution in [0.4, 0.5) is 0 Å². The monoisotopic (exact) mass is 238 g/mol. The molecule has 3 atom stereocenters. The van der Waals surface area contributed by atoms with Gasteiger partial charge in [0.05, 0.1) is 6.61 Å². The molecule has 2 heteroatoms. The predicted molar refractivity (Wildman–Crippen MR) is 70.7 cm³/mol. The second-order valence-electron chi connectivity index (χ2n) is 5.68. The Hall–Kier alpha value is -0.790. The van der Waals surface area contributed by atoms with Gasteiger partial charge in [0.25, 0.3) is 0 Å². The lowest BCUT2D eigenvalue weighted by molar-refractivity contribution is -0.141. The van der Waals surface area contributed by atoms with E-state index in [9.17, 15) is 4.79 Å². The Morgan fingerprint density at radius 1 is 1.41 bits per heavy atom. The molecule has 98 valence electrons. The minimum Gasteiger partial charge on any atom is -0.462 e. The van der Waals surface area contributed by atoms with Crippen molar-refractivity contribution in [3.05, 3.63) is 11.6 Å². The Balaban J connectivity index is 2.36. The molecule has 0 aromatic carbocycles. The zero-order chi connectivity index (χ0) is 12.8. The first kappa shape index (κ1) is 14.3. The lowest BCUT2D eigenvalue weighted by Crippen LogP contribution is -2.22. The highest BCUT2D eigenvalue weighted by molar-refractivity contribution is 5.88. The summed E-state index contributed by atoms with van der Waals surface area (Å²) < 4.78 is 5.15. The van der Waals surface area contributed by atoms with E-state index in [1.165, 1.54) is 19.3 Å². The summed E-state index contributed by atoms with van der Waals surface area (Å²) in [5.74, 6) is 1.80. The number of hydrogen-bond donors (Lipinski definition) is 0. The molecule has 0 spiro atoms. The maximum absolute atomic E-state index is 11.2. The quantitative estimate of drug-likeness (QED) is 0.655. The van der Waals surface area contributed by atoms with Crippen LogP contribution in [-0.2, 0) is 9.53 Å². The van der Waals surface area contributed by atoms with Gasteiger partial charge in [0, 0.05) is 11.5 Å². The van der Waals surface area contributed by atoms with Crippen LogP contribution >= 0.6 is 0 Å². The second kappa shape index (κ2) is 6.83. The van der Waals surface area contributed by atoms with Gasteiger partial charge in [0.1, 0.15) is 0 Å². The van der Waals surface area contributed by atoms with Gasteiger partial charge in [-0.3, -0.25) is 0 Å². The van der Waals surface area contributed by atoms with Gasteiger partial charge in [-0.05, 0) is 31.6 Å². The van der Waals surface area contributed by atoms with Crippen LogP contribution in [0.25, 0.3) is 0 Å². The van der Waals surface area contributed by atoms with E-state index in [1.807, 2.05) is 6.92 Å². The van der Waals surface area contributed by atoms with Crippen LogP contribution in [0, 0.1) is 17.8 Å². The molecule has 2 nitrogen and oxygen atoms in total. The molecule has 0 saturated carbocycles. The van der Waals surface area contributed by atoms with Crippen molar-refractivity contribution in [2.45, 2.75) is 53.4 Å². The van der Waals surface area contributed by atoms with E-state index in [-0.39, 0.29) is 5.97 Å². The lowest BCUT2D eigenvalue weighted by atomic mass is 9.86. The zero-order valence-electron chi connectivity index (χ0n) is 11.7. The summed E-state index contributed by atoms with van der Waals surface area (Å²) in [4.78, 5) is 11.2. The minimum atomic E-state index is -0.145. The van der Waals surface area contributed by atoms with Gasteiger partial charge in [-0.25, -0.2) is 4.79 Å². The first-order valence-electron chi connectivity index (χ1n) is 6.88. The van der Waals surface area contributed by atoms with Crippen molar-refractivity contribution >= 4 is 5.97 Å². The number of rotatable bonds is 6. The van der Waals surface area contributed by atoms with E-state index in [0.29, 0.717) is 18.4 Å². The SMILES string of the molecule is CCC[C@H](C)C[C@@H](C)CC1C=C(C)C(=O)OC1. The van der Waals surface area contributed by atoms with E-state index in [1.54, 1.807) is 0 Å². The van der Waals surface area contributed by atoms with Crippen molar-refractivity contribution in [2.24, 2.45) is 17.8 Å². The van der Waals surface area contributed by atoms with Gasteiger partial charge in [0.15, 0.2) is 0 Å². The molecule has 1 heterocycles. The summed E-state index contributed by atoms with van der Waals surface area (Å²) >= 11 is 0. The Morgan fingerprint density at radius 2 is 2.12 bits per heavy atom. The molecule has 0 aromatic rings. The Labute approximate surface area is 105 Å². The molecule has 0 amide bonds. The van der Waals surface area contributed by atoms with Crippen molar-refractivity contribution < 1.29 is 9.53 Å². The van der Waals surface area contributed by atoms with Crippen molar-refractivity contribution in [1.82, 2.24) is 0 Å². The summed E-state index contributed by atoms with van der Waals surface area (Å²) in [5.41, 5.74) is 0.773. The first-order chi connectivity index (χ1) is 8.02. The Bertz CT molecular complexity index is 281. The zero-order valence-corrected chi connectivity index (χ0v) is 11.7. The van der Waals surface area contributed by atoms with Gasteiger partial charge < -0.3 is 4.74 Å². The predicted octanol–water partition coefficient (Wildman–Crippen LogP) is 3.96. The van der Waals surface area contributed by atoms with E-state index >= 15 is 0 Å². The molecule has 1 unspecified atom stereocenters. The van der Waals surface area contributed by atoms with Crippen LogP contribution in [0.5, 0.6) is 0 Å². The normalized spacial score (nSPS) is 23.9. The molecule has 1 rings (SSSR count). The molecule has 1 aliphatic rings. The highest BCUT2D eigenvalue weighted by atomic mass is 16.5. The van der Waals surface area contributed by atoms with Gasteiger partial charge in [0.2, 0.25) is 0 Å². The molecular formula is C15H26O2. The molecule has 0 radical (unpaired) electrons. The van der Waals surface area contributed by atoms with E-state index in [2.05, 4.69) is 26.8 Å². The maximum atomic E-state index is 11.2. The Morgan fingerprint density at radius 3 is 2.71 bits per heavy atom. The minimum absolute atomic E-state index is 0.145.